The zero-order chi connectivity index (χ0) is 12.7. The molecule has 0 radical (unpaired) electrons. The molecule has 0 fully saturated rings. The Hall–Kier alpha value is -1.84. The lowest BCUT2D eigenvalue weighted by Crippen LogP contribution is -2.16. The molecule has 4 heteroatoms. The van der Waals surface area contributed by atoms with Gasteiger partial charge in [-0.1, -0.05) is 53.5 Å². The Morgan fingerprint density at radius 3 is 2.24 bits per heavy atom. The average molecular weight is 234 g/mol. The standard InChI is InChI=1S/C13H18N2O2/c1-3-4-5-12(14-16)13(15-17)11-8-6-10(2)7-9-11/h6-9,16-17H,3-5H2,1-2H3. The van der Waals surface area contributed by atoms with Crippen molar-refractivity contribution in [1.82, 2.24) is 0 Å². The number of unbranched alkanes of at least 4 members (excludes halogenated alkanes) is 1. The maximum Gasteiger partial charge on any atom is 0.134 e. The third-order valence-electron chi connectivity index (χ3n) is 2.59. The van der Waals surface area contributed by atoms with Gasteiger partial charge < -0.3 is 10.4 Å². The summed E-state index contributed by atoms with van der Waals surface area (Å²) in [7, 11) is 0. The molecule has 0 heterocycles. The third kappa shape index (κ3) is 3.59. The number of aryl methyl sites for hydroxylation is 1. The van der Waals surface area contributed by atoms with Crippen LogP contribution in [0.1, 0.15) is 37.3 Å². The van der Waals surface area contributed by atoms with Gasteiger partial charge >= 0.3 is 0 Å². The van der Waals surface area contributed by atoms with Crippen LogP contribution >= 0.6 is 0 Å². The zero-order valence-electron chi connectivity index (χ0n) is 10.2. The minimum absolute atomic E-state index is 0.334. The molecule has 0 bridgehead atoms. The number of hydrogen-bond donors (Lipinski definition) is 2. The van der Waals surface area contributed by atoms with Gasteiger partial charge in [0.2, 0.25) is 0 Å². The summed E-state index contributed by atoms with van der Waals surface area (Å²) in [6, 6.07) is 7.55. The van der Waals surface area contributed by atoms with Crippen molar-refractivity contribution in [1.29, 1.82) is 0 Å². The summed E-state index contributed by atoms with van der Waals surface area (Å²) in [5.41, 5.74) is 2.63. The van der Waals surface area contributed by atoms with Crippen LogP contribution in [0.2, 0.25) is 0 Å². The van der Waals surface area contributed by atoms with Crippen LogP contribution in [0.15, 0.2) is 34.6 Å². The highest BCUT2D eigenvalue weighted by molar-refractivity contribution is 6.48. The number of hydrogen-bond acceptors (Lipinski definition) is 4. The second kappa shape index (κ2) is 6.68. The van der Waals surface area contributed by atoms with Gasteiger partial charge in [0, 0.05) is 5.56 Å². The fourth-order valence-corrected chi connectivity index (χ4v) is 1.55. The van der Waals surface area contributed by atoms with Crippen LogP contribution in [0.5, 0.6) is 0 Å². The van der Waals surface area contributed by atoms with E-state index >= 15 is 0 Å². The molecule has 1 aromatic carbocycles. The molecular formula is C13H18N2O2. The summed E-state index contributed by atoms with van der Waals surface area (Å²) in [6.07, 6.45) is 2.48. The van der Waals surface area contributed by atoms with Crippen molar-refractivity contribution in [3.63, 3.8) is 0 Å². The first kappa shape index (κ1) is 13.2. The van der Waals surface area contributed by atoms with Gasteiger partial charge in [0.1, 0.15) is 11.4 Å². The SMILES string of the molecule is CCCCC(=NO)C(=NO)c1ccc(C)cc1. The van der Waals surface area contributed by atoms with Crippen molar-refractivity contribution >= 4 is 11.4 Å². The maximum atomic E-state index is 9.05. The second-order valence-corrected chi connectivity index (χ2v) is 3.96. The molecule has 0 unspecified atom stereocenters. The topological polar surface area (TPSA) is 65.2 Å². The monoisotopic (exact) mass is 234 g/mol. The average Bonchev–Trinajstić information content (AvgIpc) is 2.36. The highest BCUT2D eigenvalue weighted by atomic mass is 16.4. The first-order valence-electron chi connectivity index (χ1n) is 5.73. The van der Waals surface area contributed by atoms with Crippen molar-refractivity contribution < 1.29 is 10.4 Å². The largest absolute Gasteiger partial charge is 0.411 e. The molecule has 1 rings (SSSR count). The number of rotatable bonds is 5. The molecule has 0 aliphatic carbocycles. The first-order valence-corrected chi connectivity index (χ1v) is 5.73. The minimum atomic E-state index is 0.334. The van der Waals surface area contributed by atoms with E-state index in [0.29, 0.717) is 17.8 Å². The van der Waals surface area contributed by atoms with E-state index in [1.807, 2.05) is 31.2 Å². The lowest BCUT2D eigenvalue weighted by Gasteiger charge is -2.06. The Morgan fingerprint density at radius 2 is 1.76 bits per heavy atom. The molecule has 17 heavy (non-hydrogen) atoms. The van der Waals surface area contributed by atoms with Crippen LogP contribution in [0.3, 0.4) is 0 Å². The summed E-state index contributed by atoms with van der Waals surface area (Å²) < 4.78 is 0. The van der Waals surface area contributed by atoms with Gasteiger partial charge in [-0.15, -0.1) is 0 Å². The normalized spacial score (nSPS) is 12.8. The van der Waals surface area contributed by atoms with Crippen LogP contribution in [0.4, 0.5) is 0 Å². The highest BCUT2D eigenvalue weighted by Gasteiger charge is 2.12. The Balaban J connectivity index is 2.95. The lowest BCUT2D eigenvalue weighted by molar-refractivity contribution is 0.313. The molecule has 0 spiro atoms. The van der Waals surface area contributed by atoms with Crippen molar-refractivity contribution in [2.45, 2.75) is 33.1 Å². The number of oxime groups is 2. The molecule has 0 amide bonds. The minimum Gasteiger partial charge on any atom is -0.411 e. The van der Waals surface area contributed by atoms with Crippen LogP contribution in [0, 0.1) is 6.92 Å². The lowest BCUT2D eigenvalue weighted by atomic mass is 10.0. The molecule has 0 atom stereocenters. The maximum absolute atomic E-state index is 9.05. The van der Waals surface area contributed by atoms with Crippen LogP contribution < -0.4 is 0 Å². The Labute approximate surface area is 101 Å². The summed E-state index contributed by atoms with van der Waals surface area (Å²) in [5, 5.41) is 24.5. The van der Waals surface area contributed by atoms with E-state index in [9.17, 15) is 0 Å². The highest BCUT2D eigenvalue weighted by Crippen LogP contribution is 2.09. The van der Waals surface area contributed by atoms with E-state index < -0.39 is 0 Å². The van der Waals surface area contributed by atoms with Gasteiger partial charge in [0.25, 0.3) is 0 Å². The fourth-order valence-electron chi connectivity index (χ4n) is 1.55. The Morgan fingerprint density at radius 1 is 1.12 bits per heavy atom. The van der Waals surface area contributed by atoms with E-state index in [1.54, 1.807) is 0 Å². The van der Waals surface area contributed by atoms with E-state index in [0.717, 1.165) is 24.0 Å². The Bertz CT molecular complexity index is 408. The van der Waals surface area contributed by atoms with Gasteiger partial charge in [-0.2, -0.15) is 0 Å². The number of nitrogens with zero attached hydrogens (tertiary/aromatic N) is 2. The third-order valence-corrected chi connectivity index (χ3v) is 2.59. The van der Waals surface area contributed by atoms with E-state index in [4.69, 9.17) is 10.4 Å². The van der Waals surface area contributed by atoms with E-state index in [1.165, 1.54) is 0 Å². The molecule has 0 aromatic heterocycles. The Kier molecular flexibility index (Phi) is 5.20. The first-order chi connectivity index (χ1) is 8.22. The van der Waals surface area contributed by atoms with Crippen LogP contribution in [0.25, 0.3) is 0 Å². The molecule has 92 valence electrons. The fraction of sp³-hybridized carbons (Fsp3) is 0.385. The summed E-state index contributed by atoms with van der Waals surface area (Å²) in [4.78, 5) is 0. The van der Waals surface area contributed by atoms with Crippen LogP contribution in [-0.4, -0.2) is 21.8 Å². The zero-order valence-corrected chi connectivity index (χ0v) is 10.2. The molecule has 1 aromatic rings. The van der Waals surface area contributed by atoms with Gasteiger partial charge in [-0.3, -0.25) is 0 Å². The summed E-state index contributed by atoms with van der Waals surface area (Å²) >= 11 is 0. The summed E-state index contributed by atoms with van der Waals surface area (Å²) in [6.45, 7) is 4.04. The van der Waals surface area contributed by atoms with E-state index in [2.05, 4.69) is 17.2 Å². The molecular weight excluding hydrogens is 216 g/mol. The van der Waals surface area contributed by atoms with E-state index in [-0.39, 0.29) is 0 Å². The predicted octanol–water partition coefficient (Wildman–Crippen LogP) is 3.19. The van der Waals surface area contributed by atoms with Gasteiger partial charge in [0.15, 0.2) is 0 Å². The molecule has 0 aliphatic heterocycles. The van der Waals surface area contributed by atoms with Crippen molar-refractivity contribution in [2.24, 2.45) is 10.3 Å². The van der Waals surface area contributed by atoms with Gasteiger partial charge in [-0.25, -0.2) is 0 Å². The molecule has 0 saturated carbocycles. The van der Waals surface area contributed by atoms with Gasteiger partial charge in [0.05, 0.1) is 0 Å². The van der Waals surface area contributed by atoms with Crippen molar-refractivity contribution in [3.05, 3.63) is 35.4 Å². The summed E-state index contributed by atoms with van der Waals surface area (Å²) in [5.74, 6) is 0. The molecule has 0 saturated heterocycles. The smallest absolute Gasteiger partial charge is 0.134 e. The van der Waals surface area contributed by atoms with Crippen molar-refractivity contribution in [2.75, 3.05) is 0 Å². The van der Waals surface area contributed by atoms with Crippen molar-refractivity contribution in [3.8, 4) is 0 Å². The predicted molar refractivity (Wildman–Crippen MR) is 68.2 cm³/mol. The second-order valence-electron chi connectivity index (χ2n) is 3.96. The molecule has 4 nitrogen and oxygen atoms in total. The molecule has 0 aliphatic rings. The molecule has 2 N–H and O–H groups in total. The quantitative estimate of drug-likeness (QED) is 0.467. The van der Waals surface area contributed by atoms with Crippen LogP contribution in [-0.2, 0) is 0 Å². The number of benzene rings is 1. The van der Waals surface area contributed by atoms with Gasteiger partial charge in [-0.05, 0) is 19.8 Å².